The van der Waals surface area contributed by atoms with E-state index in [-0.39, 0.29) is 18.5 Å². The molecule has 0 fully saturated rings. The molecule has 0 atom stereocenters. The molecule has 0 saturated carbocycles. The van der Waals surface area contributed by atoms with Crippen LogP contribution in [-0.2, 0) is 9.53 Å². The highest BCUT2D eigenvalue weighted by Crippen LogP contribution is 2.19. The lowest BCUT2D eigenvalue weighted by Crippen LogP contribution is -2.35. The van der Waals surface area contributed by atoms with Crippen molar-refractivity contribution in [1.29, 1.82) is 5.26 Å². The first kappa shape index (κ1) is 19.0. The van der Waals surface area contributed by atoms with Crippen LogP contribution in [0.2, 0.25) is 0 Å². The second kappa shape index (κ2) is 9.84. The van der Waals surface area contributed by atoms with E-state index in [1.807, 2.05) is 19.1 Å². The molecule has 2 aromatic rings. The Kier molecular flexibility index (Phi) is 7.19. The molecule has 0 N–H and O–H groups in total. The third-order valence-corrected chi connectivity index (χ3v) is 3.55. The molecular weight excluding hydrogens is 332 g/mol. The Morgan fingerprint density at radius 1 is 1.08 bits per heavy atom. The van der Waals surface area contributed by atoms with Crippen molar-refractivity contribution >= 4 is 17.6 Å². The molecule has 0 aliphatic carbocycles. The van der Waals surface area contributed by atoms with Crippen molar-refractivity contribution in [2.45, 2.75) is 13.3 Å². The second-order valence-corrected chi connectivity index (χ2v) is 5.29. The minimum Gasteiger partial charge on any atom is -0.493 e. The number of hydrogen-bond acceptors (Lipinski definition) is 5. The van der Waals surface area contributed by atoms with E-state index in [1.54, 1.807) is 48.5 Å². The van der Waals surface area contributed by atoms with Crippen LogP contribution >= 0.6 is 0 Å². The number of nitriles is 1. The zero-order valence-corrected chi connectivity index (χ0v) is 14.6. The third kappa shape index (κ3) is 5.08. The van der Waals surface area contributed by atoms with Crippen molar-refractivity contribution in [3.05, 3.63) is 60.2 Å². The maximum Gasteiger partial charge on any atom is 0.342 e. The molecule has 134 valence electrons. The fourth-order valence-electron chi connectivity index (χ4n) is 2.37. The van der Waals surface area contributed by atoms with Gasteiger partial charge in [0.1, 0.15) is 11.3 Å². The summed E-state index contributed by atoms with van der Waals surface area (Å²) in [6, 6.07) is 17.7. The predicted octanol–water partition coefficient (Wildman–Crippen LogP) is 3.19. The van der Waals surface area contributed by atoms with Gasteiger partial charge in [-0.2, -0.15) is 5.26 Å². The van der Waals surface area contributed by atoms with Gasteiger partial charge in [-0.15, -0.1) is 0 Å². The number of hydrogen-bond donors (Lipinski definition) is 0. The molecule has 0 unspecified atom stereocenters. The Bertz CT molecular complexity index is 784. The zero-order valence-electron chi connectivity index (χ0n) is 14.6. The second-order valence-electron chi connectivity index (χ2n) is 5.29. The summed E-state index contributed by atoms with van der Waals surface area (Å²) in [7, 11) is 0. The van der Waals surface area contributed by atoms with Gasteiger partial charge in [-0.05, 0) is 31.2 Å². The highest BCUT2D eigenvalue weighted by atomic mass is 16.5. The van der Waals surface area contributed by atoms with Crippen LogP contribution < -0.4 is 9.64 Å². The molecule has 0 saturated heterocycles. The first-order valence-electron chi connectivity index (χ1n) is 8.28. The van der Waals surface area contributed by atoms with Gasteiger partial charge >= 0.3 is 5.97 Å². The summed E-state index contributed by atoms with van der Waals surface area (Å²) in [5.74, 6) is -0.610. The van der Waals surface area contributed by atoms with Crippen molar-refractivity contribution in [2.75, 3.05) is 24.7 Å². The van der Waals surface area contributed by atoms with Gasteiger partial charge in [0.05, 0.1) is 19.1 Å². The summed E-state index contributed by atoms with van der Waals surface area (Å²) in [6.45, 7) is 2.05. The topological polar surface area (TPSA) is 79.6 Å². The van der Waals surface area contributed by atoms with Crippen molar-refractivity contribution < 1.29 is 19.1 Å². The number of anilines is 1. The molecule has 0 bridgehead atoms. The number of esters is 1. The van der Waals surface area contributed by atoms with Gasteiger partial charge in [0.2, 0.25) is 0 Å². The molecular formula is C20H20N2O4. The lowest BCUT2D eigenvalue weighted by molar-refractivity contribution is -0.121. The first-order valence-corrected chi connectivity index (χ1v) is 8.28. The molecule has 1 amide bonds. The van der Waals surface area contributed by atoms with E-state index in [0.29, 0.717) is 18.0 Å². The van der Waals surface area contributed by atoms with E-state index < -0.39 is 18.5 Å². The summed E-state index contributed by atoms with van der Waals surface area (Å²) in [4.78, 5) is 26.2. The zero-order chi connectivity index (χ0) is 18.8. The number of carbonyl (C=O) groups is 2. The predicted molar refractivity (Wildman–Crippen MR) is 96.9 cm³/mol. The van der Waals surface area contributed by atoms with Crippen molar-refractivity contribution in [1.82, 2.24) is 0 Å². The number of carbonyl (C=O) groups excluding carboxylic acids is 2. The fourth-order valence-corrected chi connectivity index (χ4v) is 2.37. The van der Waals surface area contributed by atoms with Crippen LogP contribution in [0, 0.1) is 11.3 Å². The summed E-state index contributed by atoms with van der Waals surface area (Å²) in [5, 5.41) is 8.80. The molecule has 2 aromatic carbocycles. The summed E-state index contributed by atoms with van der Waals surface area (Å²) in [5.41, 5.74) is 0.920. The van der Waals surface area contributed by atoms with Gasteiger partial charge in [-0.1, -0.05) is 30.3 Å². The highest BCUT2D eigenvalue weighted by Gasteiger charge is 2.19. The number of ether oxygens (including phenoxy) is 2. The van der Waals surface area contributed by atoms with Crippen LogP contribution in [0.3, 0.4) is 0 Å². The lowest BCUT2D eigenvalue weighted by atomic mass is 10.2. The third-order valence-electron chi connectivity index (χ3n) is 3.55. The standard InChI is InChI=1S/C20H20N2O4/c1-2-25-18-12-7-6-11-17(18)20(24)26-15-19(23)22(14-8-13-21)16-9-4-3-5-10-16/h3-7,9-12H,2,8,14-15H2,1H3. The minimum absolute atomic E-state index is 0.182. The Morgan fingerprint density at radius 2 is 1.77 bits per heavy atom. The van der Waals surface area contributed by atoms with Crippen molar-refractivity contribution in [3.8, 4) is 11.8 Å². The van der Waals surface area contributed by atoms with Gasteiger partial charge in [-0.3, -0.25) is 4.79 Å². The van der Waals surface area contributed by atoms with Gasteiger partial charge < -0.3 is 14.4 Å². The van der Waals surface area contributed by atoms with Crippen LogP contribution in [0.5, 0.6) is 5.75 Å². The Morgan fingerprint density at radius 3 is 2.46 bits per heavy atom. The SMILES string of the molecule is CCOc1ccccc1C(=O)OCC(=O)N(CCC#N)c1ccccc1. The van der Waals surface area contributed by atoms with E-state index in [1.165, 1.54) is 4.90 Å². The van der Waals surface area contributed by atoms with Gasteiger partial charge in [0.15, 0.2) is 6.61 Å². The van der Waals surface area contributed by atoms with Crippen LogP contribution in [0.15, 0.2) is 54.6 Å². The monoisotopic (exact) mass is 352 g/mol. The Balaban J connectivity index is 2.05. The maximum absolute atomic E-state index is 12.5. The van der Waals surface area contributed by atoms with E-state index in [4.69, 9.17) is 14.7 Å². The number of amides is 1. The first-order chi connectivity index (χ1) is 12.7. The molecule has 6 heteroatoms. The van der Waals surface area contributed by atoms with Gasteiger partial charge in [-0.25, -0.2) is 4.79 Å². The van der Waals surface area contributed by atoms with E-state index >= 15 is 0 Å². The molecule has 0 aliphatic heterocycles. The van der Waals surface area contributed by atoms with Crippen molar-refractivity contribution in [3.63, 3.8) is 0 Å². The van der Waals surface area contributed by atoms with Crippen molar-refractivity contribution in [2.24, 2.45) is 0 Å². The molecule has 0 radical (unpaired) electrons. The molecule has 0 aromatic heterocycles. The van der Waals surface area contributed by atoms with E-state index in [9.17, 15) is 9.59 Å². The normalized spacial score (nSPS) is 9.85. The van der Waals surface area contributed by atoms with E-state index in [2.05, 4.69) is 0 Å². The van der Waals surface area contributed by atoms with Crippen LogP contribution in [0.25, 0.3) is 0 Å². The van der Waals surface area contributed by atoms with Crippen LogP contribution in [0.1, 0.15) is 23.7 Å². The Hall–Kier alpha value is -3.33. The Labute approximate surface area is 152 Å². The van der Waals surface area contributed by atoms with Gasteiger partial charge in [0, 0.05) is 12.2 Å². The number of para-hydroxylation sites is 2. The summed E-state index contributed by atoms with van der Waals surface area (Å²) < 4.78 is 10.6. The summed E-state index contributed by atoms with van der Waals surface area (Å²) in [6.07, 6.45) is 0.182. The quantitative estimate of drug-likeness (QED) is 0.682. The summed E-state index contributed by atoms with van der Waals surface area (Å²) >= 11 is 0. The van der Waals surface area contributed by atoms with Crippen LogP contribution in [0.4, 0.5) is 5.69 Å². The minimum atomic E-state index is -0.629. The average Bonchev–Trinajstić information content (AvgIpc) is 2.68. The maximum atomic E-state index is 12.5. The molecule has 6 nitrogen and oxygen atoms in total. The molecule has 0 heterocycles. The number of rotatable bonds is 8. The molecule has 0 aliphatic rings. The number of benzene rings is 2. The molecule has 2 rings (SSSR count). The van der Waals surface area contributed by atoms with Crippen LogP contribution in [-0.4, -0.2) is 31.6 Å². The van der Waals surface area contributed by atoms with E-state index in [0.717, 1.165) is 0 Å². The fraction of sp³-hybridized carbons (Fsp3) is 0.250. The lowest BCUT2D eigenvalue weighted by Gasteiger charge is -2.21. The molecule has 26 heavy (non-hydrogen) atoms. The largest absolute Gasteiger partial charge is 0.493 e. The van der Waals surface area contributed by atoms with Gasteiger partial charge in [0.25, 0.3) is 5.91 Å². The molecule has 0 spiro atoms. The average molecular weight is 352 g/mol. The number of nitrogens with zero attached hydrogens (tertiary/aromatic N) is 2. The highest BCUT2D eigenvalue weighted by molar-refractivity contribution is 5.98. The smallest absolute Gasteiger partial charge is 0.342 e.